The first-order valence-electron chi connectivity index (χ1n) is 3.61. The van der Waals surface area contributed by atoms with Crippen molar-refractivity contribution in [2.24, 2.45) is 0 Å². The summed E-state index contributed by atoms with van der Waals surface area (Å²) in [5.41, 5.74) is 0. The molecule has 4 N–H and O–H groups in total. The molecule has 84 valence electrons. The highest BCUT2D eigenvalue weighted by atomic mass is 31.2. The lowest BCUT2D eigenvalue weighted by Crippen LogP contribution is -2.40. The van der Waals surface area contributed by atoms with Crippen molar-refractivity contribution in [2.75, 3.05) is 0 Å². The monoisotopic (exact) mass is 236 g/mol. The molecule has 0 bridgehead atoms. The minimum absolute atomic E-state index is 0.848. The zero-order valence-electron chi connectivity index (χ0n) is 7.45. The van der Waals surface area contributed by atoms with Crippen LogP contribution >= 0.6 is 7.60 Å². The Kier molecular flexibility index (Phi) is 4.05. The average Bonchev–Trinajstić information content (AvgIpc) is 1.99. The van der Waals surface area contributed by atoms with Gasteiger partial charge in [0.2, 0.25) is 0 Å². The lowest BCUT2D eigenvalue weighted by atomic mass is 10.0. The molecule has 0 aliphatic heterocycles. The molecule has 0 aliphatic carbocycles. The summed E-state index contributed by atoms with van der Waals surface area (Å²) in [6, 6.07) is 0. The predicted molar refractivity (Wildman–Crippen MR) is 48.1 cm³/mol. The van der Waals surface area contributed by atoms with Gasteiger partial charge >= 0.3 is 19.5 Å². The molecule has 0 spiro atoms. The Bertz CT molecular complexity index is 362. The molecule has 7 nitrogen and oxygen atoms in total. The van der Waals surface area contributed by atoms with E-state index < -0.39 is 37.5 Å². The van der Waals surface area contributed by atoms with E-state index in [1.807, 2.05) is 0 Å². The average molecular weight is 236 g/mol. The zero-order chi connectivity index (χ0) is 12.3. The lowest BCUT2D eigenvalue weighted by molar-refractivity contribution is -0.147. The fourth-order valence-electron chi connectivity index (χ4n) is 0.963. The Morgan fingerprint density at radius 1 is 1.33 bits per heavy atom. The Hall–Kier alpha value is -1.35. The standard InChI is InChI=1S/C7H9O7P/c1-2-3-7(6(10)11,4-5(8)9)15(12,13)14/h1H,3-4H2,(H,8,9)(H,10,11)(H2,12,13,14). The highest BCUT2D eigenvalue weighted by molar-refractivity contribution is 7.54. The summed E-state index contributed by atoms with van der Waals surface area (Å²) in [5, 5.41) is 14.4. The Labute approximate surface area is 84.9 Å². The summed E-state index contributed by atoms with van der Waals surface area (Å²) >= 11 is 0. The van der Waals surface area contributed by atoms with Crippen molar-refractivity contribution in [1.82, 2.24) is 0 Å². The molecule has 0 aromatic heterocycles. The van der Waals surface area contributed by atoms with E-state index in [0.29, 0.717) is 0 Å². The number of carbonyl (C=O) groups is 2. The van der Waals surface area contributed by atoms with Gasteiger partial charge in [-0.2, -0.15) is 0 Å². The highest BCUT2D eigenvalue weighted by Gasteiger charge is 2.55. The predicted octanol–water partition coefficient (Wildman–Crippen LogP) is -0.514. The maximum atomic E-state index is 11.0. The number of terminal acetylenes is 1. The molecule has 15 heavy (non-hydrogen) atoms. The van der Waals surface area contributed by atoms with E-state index in [2.05, 4.69) is 0 Å². The van der Waals surface area contributed by atoms with Crippen LogP contribution in [0.3, 0.4) is 0 Å². The van der Waals surface area contributed by atoms with Gasteiger partial charge in [0, 0.05) is 6.42 Å². The van der Waals surface area contributed by atoms with E-state index in [0.717, 1.165) is 0 Å². The second-order valence-electron chi connectivity index (χ2n) is 2.83. The van der Waals surface area contributed by atoms with E-state index in [4.69, 9.17) is 26.4 Å². The minimum Gasteiger partial charge on any atom is -0.481 e. The third-order valence-corrected chi connectivity index (χ3v) is 3.42. The summed E-state index contributed by atoms with van der Waals surface area (Å²) in [5.74, 6) is -1.80. The van der Waals surface area contributed by atoms with Gasteiger partial charge in [-0.15, -0.1) is 12.3 Å². The van der Waals surface area contributed by atoms with Crippen molar-refractivity contribution in [2.45, 2.75) is 18.0 Å². The van der Waals surface area contributed by atoms with Gasteiger partial charge in [-0.25, -0.2) is 0 Å². The molecule has 0 amide bonds. The zero-order valence-corrected chi connectivity index (χ0v) is 8.35. The van der Waals surface area contributed by atoms with Gasteiger partial charge in [0.1, 0.15) is 0 Å². The van der Waals surface area contributed by atoms with Gasteiger partial charge in [0.05, 0.1) is 6.42 Å². The number of hydrogen-bond acceptors (Lipinski definition) is 3. The molecule has 0 fully saturated rings. The molecule has 0 radical (unpaired) electrons. The van der Waals surface area contributed by atoms with Crippen LogP contribution in [-0.4, -0.2) is 37.1 Å². The molecule has 0 saturated heterocycles. The molecule has 1 atom stereocenters. The third-order valence-electron chi connectivity index (χ3n) is 1.79. The van der Waals surface area contributed by atoms with Crippen LogP contribution < -0.4 is 0 Å². The Morgan fingerprint density at radius 2 is 1.80 bits per heavy atom. The van der Waals surface area contributed by atoms with E-state index in [1.165, 1.54) is 0 Å². The molecular weight excluding hydrogens is 227 g/mol. The maximum absolute atomic E-state index is 11.0. The minimum atomic E-state index is -5.16. The van der Waals surface area contributed by atoms with E-state index in [-0.39, 0.29) is 0 Å². The fraction of sp³-hybridized carbons (Fsp3) is 0.429. The number of rotatable bonds is 5. The van der Waals surface area contributed by atoms with Gasteiger partial charge < -0.3 is 20.0 Å². The Balaban J connectivity index is 5.50. The number of aliphatic carboxylic acids is 2. The van der Waals surface area contributed by atoms with Crippen molar-refractivity contribution in [3.8, 4) is 12.3 Å². The quantitative estimate of drug-likeness (QED) is 0.373. The fourth-order valence-corrected chi connectivity index (χ4v) is 1.85. The normalized spacial score (nSPS) is 15.0. The summed E-state index contributed by atoms with van der Waals surface area (Å²) in [6.07, 6.45) is 2.70. The second kappa shape index (κ2) is 4.45. The largest absolute Gasteiger partial charge is 0.481 e. The molecule has 0 aliphatic rings. The summed E-state index contributed by atoms with van der Waals surface area (Å²) < 4.78 is 11.0. The van der Waals surface area contributed by atoms with Crippen molar-refractivity contribution in [3.63, 3.8) is 0 Å². The van der Waals surface area contributed by atoms with Gasteiger partial charge in [-0.1, -0.05) is 0 Å². The van der Waals surface area contributed by atoms with Gasteiger partial charge in [0.25, 0.3) is 0 Å². The SMILES string of the molecule is C#CCC(CC(=O)O)(C(=O)O)P(=O)(O)O. The Morgan fingerprint density at radius 3 is 2.00 bits per heavy atom. The van der Waals surface area contributed by atoms with Crippen molar-refractivity contribution < 1.29 is 34.2 Å². The molecule has 0 heterocycles. The van der Waals surface area contributed by atoms with E-state index >= 15 is 0 Å². The van der Waals surface area contributed by atoms with Gasteiger partial charge in [-0.05, 0) is 0 Å². The molecular formula is C7H9O7P. The van der Waals surface area contributed by atoms with Gasteiger partial charge in [0.15, 0.2) is 5.16 Å². The maximum Gasteiger partial charge on any atom is 0.344 e. The van der Waals surface area contributed by atoms with Crippen molar-refractivity contribution in [3.05, 3.63) is 0 Å². The molecule has 0 rings (SSSR count). The number of carboxylic acids is 2. The first-order valence-corrected chi connectivity index (χ1v) is 5.23. The topological polar surface area (TPSA) is 132 Å². The molecule has 8 heteroatoms. The molecule has 0 aromatic carbocycles. The van der Waals surface area contributed by atoms with Gasteiger partial charge in [-0.3, -0.25) is 14.2 Å². The van der Waals surface area contributed by atoms with E-state index in [9.17, 15) is 14.2 Å². The summed E-state index contributed by atoms with van der Waals surface area (Å²) in [6.45, 7) is 0. The van der Waals surface area contributed by atoms with Crippen LogP contribution in [-0.2, 0) is 14.2 Å². The lowest BCUT2D eigenvalue weighted by Gasteiger charge is -2.26. The third kappa shape index (κ3) is 2.80. The van der Waals surface area contributed by atoms with Crippen LogP contribution in [0.25, 0.3) is 0 Å². The first-order chi connectivity index (χ1) is 6.67. The summed E-state index contributed by atoms with van der Waals surface area (Å²) in [7, 11) is -5.16. The van der Waals surface area contributed by atoms with E-state index in [1.54, 1.807) is 5.92 Å². The number of hydrogen-bond donors (Lipinski definition) is 4. The van der Waals surface area contributed by atoms with Crippen LogP contribution in [0.4, 0.5) is 0 Å². The molecule has 0 saturated carbocycles. The second-order valence-corrected chi connectivity index (χ2v) is 4.78. The highest BCUT2D eigenvalue weighted by Crippen LogP contribution is 2.54. The smallest absolute Gasteiger partial charge is 0.344 e. The first kappa shape index (κ1) is 13.7. The van der Waals surface area contributed by atoms with Crippen molar-refractivity contribution in [1.29, 1.82) is 0 Å². The summed E-state index contributed by atoms with van der Waals surface area (Å²) in [4.78, 5) is 38.8. The van der Waals surface area contributed by atoms with Crippen LogP contribution in [0.15, 0.2) is 0 Å². The van der Waals surface area contributed by atoms with Crippen molar-refractivity contribution >= 4 is 19.5 Å². The van der Waals surface area contributed by atoms with Crippen LogP contribution in [0.1, 0.15) is 12.8 Å². The number of carboxylic acid groups (broad SMARTS) is 2. The van der Waals surface area contributed by atoms with Crippen LogP contribution in [0.5, 0.6) is 0 Å². The molecule has 1 unspecified atom stereocenters. The van der Waals surface area contributed by atoms with Crippen LogP contribution in [0.2, 0.25) is 0 Å². The van der Waals surface area contributed by atoms with Crippen LogP contribution in [0, 0.1) is 12.3 Å². The molecule has 0 aromatic rings.